The second-order valence-electron chi connectivity index (χ2n) is 8.74. The predicted molar refractivity (Wildman–Crippen MR) is 117 cm³/mol. The van der Waals surface area contributed by atoms with Crippen LogP contribution in [-0.4, -0.2) is 61.1 Å². The van der Waals surface area contributed by atoms with Crippen molar-refractivity contribution in [2.24, 2.45) is 11.7 Å². The molecule has 3 rings (SSSR count). The van der Waals surface area contributed by atoms with Gasteiger partial charge >= 0.3 is 0 Å². The molecular weight excluding hydrogens is 380 g/mol. The van der Waals surface area contributed by atoms with Crippen LogP contribution in [-0.2, 0) is 16.0 Å². The highest BCUT2D eigenvalue weighted by molar-refractivity contribution is 5.85. The fraction of sp³-hybridized carbons (Fsp3) is 0.609. The summed E-state index contributed by atoms with van der Waals surface area (Å²) in [5.41, 5.74) is 6.60. The van der Waals surface area contributed by atoms with Gasteiger partial charge in [0.15, 0.2) is 0 Å². The second-order valence-corrected chi connectivity index (χ2v) is 8.74. The fourth-order valence-electron chi connectivity index (χ4n) is 4.00. The molecule has 0 spiro atoms. The van der Waals surface area contributed by atoms with Gasteiger partial charge in [-0.3, -0.25) is 9.59 Å². The van der Waals surface area contributed by atoms with Crippen molar-refractivity contribution < 1.29 is 14.3 Å². The minimum absolute atomic E-state index is 0.0177. The average Bonchev–Trinajstić information content (AvgIpc) is 3.40. The maximum Gasteiger partial charge on any atom is 0.234 e. The summed E-state index contributed by atoms with van der Waals surface area (Å²) in [4.78, 5) is 26.3. The van der Waals surface area contributed by atoms with E-state index in [9.17, 15) is 9.59 Å². The highest BCUT2D eigenvalue weighted by Gasteiger charge is 2.33. The van der Waals surface area contributed by atoms with Gasteiger partial charge in [-0.05, 0) is 55.8 Å². The quantitative estimate of drug-likeness (QED) is 0.535. The molecule has 2 amide bonds. The van der Waals surface area contributed by atoms with E-state index in [-0.39, 0.29) is 30.0 Å². The summed E-state index contributed by atoms with van der Waals surface area (Å²) in [6.45, 7) is 7.30. The van der Waals surface area contributed by atoms with Crippen molar-refractivity contribution in [3.05, 3.63) is 36.2 Å². The second kappa shape index (κ2) is 10.8. The molecule has 1 radical (unpaired) electrons. The molecule has 2 heterocycles. The van der Waals surface area contributed by atoms with Crippen molar-refractivity contribution in [1.29, 1.82) is 0 Å². The van der Waals surface area contributed by atoms with Crippen LogP contribution in [0, 0.1) is 12.3 Å². The van der Waals surface area contributed by atoms with E-state index in [4.69, 9.17) is 10.5 Å². The van der Waals surface area contributed by atoms with Crippen LogP contribution in [0.4, 0.5) is 0 Å². The number of hydrogen-bond acceptors (Lipinski definition) is 5. The fourth-order valence-corrected chi connectivity index (χ4v) is 4.00. The van der Waals surface area contributed by atoms with Gasteiger partial charge in [-0.2, -0.15) is 0 Å². The topological polar surface area (TPSA) is 96.7 Å². The Morgan fingerprint density at radius 1 is 1.27 bits per heavy atom. The number of nitrogens with two attached hydrogens (primary N) is 1. The van der Waals surface area contributed by atoms with Gasteiger partial charge in [0, 0.05) is 32.1 Å². The van der Waals surface area contributed by atoms with Crippen LogP contribution in [0.2, 0.25) is 0 Å². The van der Waals surface area contributed by atoms with E-state index in [0.717, 1.165) is 43.7 Å². The molecule has 1 aromatic carbocycles. The Labute approximate surface area is 179 Å². The number of benzene rings is 1. The van der Waals surface area contributed by atoms with E-state index in [1.807, 2.05) is 17.0 Å². The smallest absolute Gasteiger partial charge is 0.234 e. The summed E-state index contributed by atoms with van der Waals surface area (Å²) in [5, 5.41) is 6.44. The van der Waals surface area contributed by atoms with E-state index in [1.165, 1.54) is 0 Å². The molecule has 2 aliphatic heterocycles. The molecule has 0 aromatic heterocycles. The Morgan fingerprint density at radius 3 is 2.63 bits per heavy atom. The Balaban J connectivity index is 1.58. The Hall–Kier alpha value is -2.12. The van der Waals surface area contributed by atoms with Crippen molar-refractivity contribution >= 4 is 11.8 Å². The van der Waals surface area contributed by atoms with Crippen molar-refractivity contribution in [1.82, 2.24) is 15.5 Å². The van der Waals surface area contributed by atoms with Crippen LogP contribution < -0.4 is 21.1 Å². The van der Waals surface area contributed by atoms with E-state index >= 15 is 0 Å². The minimum atomic E-state index is -0.364. The summed E-state index contributed by atoms with van der Waals surface area (Å²) < 4.78 is 5.98. The molecule has 2 fully saturated rings. The number of amides is 2. The van der Waals surface area contributed by atoms with Gasteiger partial charge in [-0.1, -0.05) is 26.0 Å². The monoisotopic (exact) mass is 415 g/mol. The zero-order valence-electron chi connectivity index (χ0n) is 18.1. The highest BCUT2D eigenvalue weighted by Crippen LogP contribution is 2.19. The molecule has 4 N–H and O–H groups in total. The number of rotatable bonds is 10. The van der Waals surface area contributed by atoms with E-state index in [0.29, 0.717) is 25.4 Å². The average molecular weight is 416 g/mol. The first-order chi connectivity index (χ1) is 14.4. The number of nitrogens with one attached hydrogen (secondary N) is 2. The van der Waals surface area contributed by atoms with Gasteiger partial charge in [0.25, 0.3) is 0 Å². The number of nitrogens with zero attached hydrogens (tertiary/aromatic N) is 1. The van der Waals surface area contributed by atoms with Gasteiger partial charge < -0.3 is 26.0 Å². The molecule has 2 aliphatic rings. The number of carbonyl (C=O) groups excluding carboxylic acids is 2. The Kier molecular flexibility index (Phi) is 8.10. The molecule has 0 aliphatic carbocycles. The summed E-state index contributed by atoms with van der Waals surface area (Å²) in [6, 6.07) is 7.76. The SMILES string of the molecule is CC(C)C[CH]C(=O)N(CCc1ccc(O[C@H]2CCNC2)cc1)[C@@H]1CNC(C(N)=O)C1. The molecule has 2 saturated heterocycles. The van der Waals surface area contributed by atoms with Crippen LogP contribution in [0.25, 0.3) is 0 Å². The van der Waals surface area contributed by atoms with E-state index in [1.54, 1.807) is 6.42 Å². The third-order valence-corrected chi connectivity index (χ3v) is 5.82. The first-order valence-corrected chi connectivity index (χ1v) is 11.0. The maximum atomic E-state index is 12.9. The van der Waals surface area contributed by atoms with Gasteiger partial charge in [-0.15, -0.1) is 0 Å². The maximum absolute atomic E-state index is 12.9. The number of ether oxygens (including phenoxy) is 1. The predicted octanol–water partition coefficient (Wildman–Crippen LogP) is 1.26. The Bertz CT molecular complexity index is 701. The molecule has 0 bridgehead atoms. The van der Waals surface area contributed by atoms with E-state index in [2.05, 4.69) is 36.6 Å². The highest BCUT2D eigenvalue weighted by atomic mass is 16.5. The lowest BCUT2D eigenvalue weighted by Crippen LogP contribution is -2.43. The molecular formula is C23H35N4O3. The number of carbonyl (C=O) groups is 2. The number of hydrogen-bond donors (Lipinski definition) is 3. The van der Waals surface area contributed by atoms with Gasteiger partial charge in [0.1, 0.15) is 11.9 Å². The lowest BCUT2D eigenvalue weighted by molar-refractivity contribution is -0.130. The lowest BCUT2D eigenvalue weighted by atomic mass is 10.0. The summed E-state index contributed by atoms with van der Waals surface area (Å²) >= 11 is 0. The standard InChI is InChI=1S/C23H35N4O3/c1-16(2)3-8-22(28)27(18-13-21(23(24)29)26-14-18)12-10-17-4-6-19(7-5-17)30-20-9-11-25-15-20/h4-8,16,18,20-21,25-26H,3,9-15H2,1-2H3,(H2,24,29)/t18-,20-,21?/m0/s1. The molecule has 165 valence electrons. The first kappa shape index (κ1) is 22.6. The van der Waals surface area contributed by atoms with Crippen molar-refractivity contribution in [2.75, 3.05) is 26.2 Å². The van der Waals surface area contributed by atoms with Crippen LogP contribution in [0.15, 0.2) is 24.3 Å². The van der Waals surface area contributed by atoms with Crippen LogP contribution in [0.5, 0.6) is 5.75 Å². The summed E-state index contributed by atoms with van der Waals surface area (Å²) in [7, 11) is 0. The zero-order valence-corrected chi connectivity index (χ0v) is 18.1. The Morgan fingerprint density at radius 2 is 2.03 bits per heavy atom. The van der Waals surface area contributed by atoms with Crippen molar-refractivity contribution in [3.63, 3.8) is 0 Å². The third-order valence-electron chi connectivity index (χ3n) is 5.82. The zero-order chi connectivity index (χ0) is 21.5. The lowest BCUT2D eigenvalue weighted by Gasteiger charge is -2.29. The number of primary amides is 1. The first-order valence-electron chi connectivity index (χ1n) is 11.0. The van der Waals surface area contributed by atoms with E-state index < -0.39 is 0 Å². The minimum Gasteiger partial charge on any atom is -0.489 e. The largest absolute Gasteiger partial charge is 0.489 e. The molecule has 0 saturated carbocycles. The molecule has 7 nitrogen and oxygen atoms in total. The molecule has 30 heavy (non-hydrogen) atoms. The molecule has 1 aromatic rings. The van der Waals surface area contributed by atoms with Gasteiger partial charge in [-0.25, -0.2) is 0 Å². The van der Waals surface area contributed by atoms with Crippen LogP contribution in [0.1, 0.15) is 38.7 Å². The normalized spacial score (nSPS) is 23.6. The summed E-state index contributed by atoms with van der Waals surface area (Å²) in [6.07, 6.45) is 5.12. The van der Waals surface area contributed by atoms with Crippen LogP contribution in [0.3, 0.4) is 0 Å². The molecule has 3 atom stereocenters. The van der Waals surface area contributed by atoms with Gasteiger partial charge in [0.2, 0.25) is 11.8 Å². The van der Waals surface area contributed by atoms with Gasteiger partial charge in [0.05, 0.1) is 6.04 Å². The summed E-state index contributed by atoms with van der Waals surface area (Å²) in [5.74, 6) is 0.992. The molecule has 7 heteroatoms. The van der Waals surface area contributed by atoms with Crippen LogP contribution >= 0.6 is 0 Å². The molecule has 1 unspecified atom stereocenters. The third kappa shape index (κ3) is 6.44. The van der Waals surface area contributed by atoms with Crippen molar-refractivity contribution in [2.45, 2.75) is 57.7 Å². The van der Waals surface area contributed by atoms with Crippen molar-refractivity contribution in [3.8, 4) is 5.75 Å².